The summed E-state index contributed by atoms with van der Waals surface area (Å²) in [6.45, 7) is 0.188. The van der Waals surface area contributed by atoms with Gasteiger partial charge in [0.25, 0.3) is 0 Å². The molecular formula is C21H25N3OS. The monoisotopic (exact) mass is 367 g/mol. The maximum absolute atomic E-state index is 9.80. The van der Waals surface area contributed by atoms with Gasteiger partial charge in [-0.1, -0.05) is 43.2 Å². The van der Waals surface area contributed by atoms with E-state index in [9.17, 15) is 5.11 Å². The SMILES string of the molecule is OC[C@H](NC1N=C/C(=C/c2ccc3ncccc3c2)S1)C1CCCCC1. The van der Waals surface area contributed by atoms with E-state index in [0.717, 1.165) is 21.4 Å². The number of benzene rings is 1. The zero-order valence-electron chi connectivity index (χ0n) is 14.8. The van der Waals surface area contributed by atoms with E-state index in [0.29, 0.717) is 5.92 Å². The van der Waals surface area contributed by atoms with Gasteiger partial charge in [-0.3, -0.25) is 15.3 Å². The number of nitrogens with zero attached hydrogens (tertiary/aromatic N) is 2. The van der Waals surface area contributed by atoms with E-state index in [-0.39, 0.29) is 18.1 Å². The molecule has 26 heavy (non-hydrogen) atoms. The number of aliphatic imine (C=N–C) groups is 1. The molecule has 2 aromatic rings. The summed E-state index contributed by atoms with van der Waals surface area (Å²) < 4.78 is 0. The minimum atomic E-state index is 0.00227. The van der Waals surface area contributed by atoms with Gasteiger partial charge in [0.15, 0.2) is 5.50 Å². The Hall–Kier alpha value is -1.69. The molecule has 2 aliphatic rings. The van der Waals surface area contributed by atoms with E-state index in [1.807, 2.05) is 18.5 Å². The molecule has 1 aromatic heterocycles. The van der Waals surface area contributed by atoms with Crippen molar-refractivity contribution in [3.8, 4) is 0 Å². The standard InChI is InChI=1S/C21H25N3OS/c25-14-20(16-5-2-1-3-6-16)24-21-23-13-18(26-21)12-15-8-9-19-17(11-15)7-4-10-22-19/h4,7-13,16,20-21,24-25H,1-3,5-6,14H2/b18-12-/t20-,21?/m0/s1. The lowest BCUT2D eigenvalue weighted by Gasteiger charge is -2.30. The van der Waals surface area contributed by atoms with Crippen LogP contribution in [0.25, 0.3) is 17.0 Å². The Bertz CT molecular complexity index is 814. The first-order chi connectivity index (χ1) is 12.8. The number of thioether (sulfide) groups is 1. The van der Waals surface area contributed by atoms with Gasteiger partial charge in [-0.05, 0) is 48.6 Å². The van der Waals surface area contributed by atoms with E-state index in [1.165, 1.54) is 32.1 Å². The van der Waals surface area contributed by atoms with Crippen molar-refractivity contribution in [3.05, 3.63) is 47.0 Å². The van der Waals surface area contributed by atoms with Gasteiger partial charge in [-0.15, -0.1) is 0 Å². The molecular weight excluding hydrogens is 342 g/mol. The van der Waals surface area contributed by atoms with Crippen molar-refractivity contribution in [1.82, 2.24) is 10.3 Å². The Labute approximate surface area is 158 Å². The third kappa shape index (κ3) is 4.17. The quantitative estimate of drug-likeness (QED) is 0.831. The van der Waals surface area contributed by atoms with E-state index >= 15 is 0 Å². The molecule has 1 aromatic carbocycles. The molecule has 1 aliphatic heterocycles. The number of aromatic nitrogens is 1. The molecule has 2 N–H and O–H groups in total. The maximum atomic E-state index is 9.80. The Kier molecular flexibility index (Phi) is 5.68. The fraction of sp³-hybridized carbons (Fsp3) is 0.429. The van der Waals surface area contributed by atoms with Crippen molar-refractivity contribution in [3.63, 3.8) is 0 Å². The number of aliphatic hydroxyl groups excluding tert-OH is 1. The largest absolute Gasteiger partial charge is 0.395 e. The van der Waals surface area contributed by atoms with Gasteiger partial charge >= 0.3 is 0 Å². The summed E-state index contributed by atoms with van der Waals surface area (Å²) in [6, 6.07) is 10.5. The van der Waals surface area contributed by atoms with Crippen LogP contribution in [0.5, 0.6) is 0 Å². The zero-order chi connectivity index (χ0) is 17.8. The number of hydrogen-bond donors (Lipinski definition) is 2. The average molecular weight is 368 g/mol. The summed E-state index contributed by atoms with van der Waals surface area (Å²) >= 11 is 1.72. The normalized spacial score (nSPS) is 23.7. The van der Waals surface area contributed by atoms with Crippen LogP contribution in [0.3, 0.4) is 0 Å². The second-order valence-corrected chi connectivity index (χ2v) is 8.26. The number of pyridine rings is 1. The van der Waals surface area contributed by atoms with Gasteiger partial charge in [0.05, 0.1) is 12.1 Å². The highest BCUT2D eigenvalue weighted by atomic mass is 32.2. The number of aliphatic hydroxyl groups is 1. The molecule has 1 saturated carbocycles. The Balaban J connectivity index is 1.40. The molecule has 1 unspecified atom stereocenters. The highest BCUT2D eigenvalue weighted by molar-refractivity contribution is 8.04. The lowest BCUT2D eigenvalue weighted by Crippen LogP contribution is -2.43. The van der Waals surface area contributed by atoms with E-state index in [2.05, 4.69) is 45.6 Å². The van der Waals surface area contributed by atoms with Gasteiger partial charge in [0, 0.05) is 28.7 Å². The number of rotatable bonds is 5. The molecule has 2 atom stereocenters. The predicted molar refractivity (Wildman–Crippen MR) is 110 cm³/mol. The van der Waals surface area contributed by atoms with E-state index < -0.39 is 0 Å². The first-order valence-electron chi connectivity index (χ1n) is 9.45. The Morgan fingerprint density at radius 2 is 2.12 bits per heavy atom. The molecule has 1 fully saturated rings. The lowest BCUT2D eigenvalue weighted by molar-refractivity contribution is 0.170. The van der Waals surface area contributed by atoms with Crippen LogP contribution in [0.15, 0.2) is 46.4 Å². The van der Waals surface area contributed by atoms with Crippen LogP contribution in [0.1, 0.15) is 37.7 Å². The summed E-state index contributed by atoms with van der Waals surface area (Å²) in [5.74, 6) is 0.575. The van der Waals surface area contributed by atoms with Crippen LogP contribution in [-0.2, 0) is 0 Å². The first kappa shape index (κ1) is 17.7. The molecule has 136 valence electrons. The second-order valence-electron chi connectivity index (χ2n) is 7.10. The van der Waals surface area contributed by atoms with Gasteiger partial charge in [-0.25, -0.2) is 0 Å². The molecule has 4 nitrogen and oxygen atoms in total. The molecule has 0 radical (unpaired) electrons. The number of fused-ring (bicyclic) bond motifs is 1. The highest BCUT2D eigenvalue weighted by Gasteiger charge is 2.26. The minimum absolute atomic E-state index is 0.00227. The lowest BCUT2D eigenvalue weighted by atomic mass is 9.84. The van der Waals surface area contributed by atoms with Crippen molar-refractivity contribution in [2.24, 2.45) is 10.9 Å². The second kappa shape index (κ2) is 8.33. The van der Waals surface area contributed by atoms with Crippen LogP contribution in [0.4, 0.5) is 0 Å². The topological polar surface area (TPSA) is 57.5 Å². The number of allylic oxidation sites excluding steroid dienone is 1. The Morgan fingerprint density at radius 1 is 1.23 bits per heavy atom. The van der Waals surface area contributed by atoms with Gasteiger partial charge < -0.3 is 5.11 Å². The van der Waals surface area contributed by atoms with Gasteiger partial charge in [0.1, 0.15) is 0 Å². The van der Waals surface area contributed by atoms with E-state index in [1.54, 1.807) is 11.8 Å². The fourth-order valence-electron chi connectivity index (χ4n) is 3.88. The van der Waals surface area contributed by atoms with E-state index in [4.69, 9.17) is 0 Å². The first-order valence-corrected chi connectivity index (χ1v) is 10.3. The third-order valence-electron chi connectivity index (χ3n) is 5.29. The molecule has 0 amide bonds. The molecule has 5 heteroatoms. The summed E-state index contributed by atoms with van der Waals surface area (Å²) in [6.07, 6.45) is 12.2. The third-order valence-corrected chi connectivity index (χ3v) is 6.27. The summed E-state index contributed by atoms with van der Waals surface area (Å²) in [7, 11) is 0. The zero-order valence-corrected chi connectivity index (χ0v) is 15.7. The highest BCUT2D eigenvalue weighted by Crippen LogP contribution is 2.31. The number of hydrogen-bond acceptors (Lipinski definition) is 5. The van der Waals surface area contributed by atoms with Crippen molar-refractivity contribution in [2.75, 3.05) is 6.61 Å². The van der Waals surface area contributed by atoms with Crippen LogP contribution in [-0.4, -0.2) is 34.5 Å². The average Bonchev–Trinajstić information content (AvgIpc) is 3.13. The molecule has 0 saturated heterocycles. The molecule has 4 rings (SSSR count). The van der Waals surface area contributed by atoms with Gasteiger partial charge in [-0.2, -0.15) is 0 Å². The molecule has 2 heterocycles. The summed E-state index contributed by atoms with van der Waals surface area (Å²) in [5.41, 5.74) is 2.17. The molecule has 1 aliphatic carbocycles. The number of nitrogens with one attached hydrogen (secondary N) is 1. The molecule has 0 spiro atoms. The van der Waals surface area contributed by atoms with Crippen LogP contribution in [0.2, 0.25) is 0 Å². The Morgan fingerprint density at radius 3 is 2.96 bits per heavy atom. The van der Waals surface area contributed by atoms with Crippen LogP contribution in [0, 0.1) is 5.92 Å². The van der Waals surface area contributed by atoms with Crippen LogP contribution < -0.4 is 5.32 Å². The maximum Gasteiger partial charge on any atom is 0.151 e. The smallest absolute Gasteiger partial charge is 0.151 e. The minimum Gasteiger partial charge on any atom is -0.395 e. The van der Waals surface area contributed by atoms with Crippen molar-refractivity contribution in [1.29, 1.82) is 0 Å². The van der Waals surface area contributed by atoms with Crippen molar-refractivity contribution < 1.29 is 5.11 Å². The van der Waals surface area contributed by atoms with Crippen LogP contribution >= 0.6 is 11.8 Å². The predicted octanol–water partition coefficient (Wildman–Crippen LogP) is 4.21. The summed E-state index contributed by atoms with van der Waals surface area (Å²) in [5, 5.41) is 14.5. The van der Waals surface area contributed by atoms with Crippen molar-refractivity contribution in [2.45, 2.75) is 43.6 Å². The summed E-state index contributed by atoms with van der Waals surface area (Å²) in [4.78, 5) is 10.1. The molecule has 0 bridgehead atoms. The van der Waals surface area contributed by atoms with Crippen molar-refractivity contribution >= 4 is 35.0 Å². The fourth-order valence-corrected chi connectivity index (χ4v) is 4.83. The van der Waals surface area contributed by atoms with Gasteiger partial charge in [0.2, 0.25) is 0 Å².